The number of H-pyrrole nitrogens is 1. The molecule has 106 valence electrons. The average molecular weight is 274 g/mol. The van der Waals surface area contributed by atoms with Crippen molar-refractivity contribution in [2.75, 3.05) is 12.3 Å². The molecular formula is C14H18N4O2. The molecule has 2 rings (SSSR count). The van der Waals surface area contributed by atoms with E-state index in [0.29, 0.717) is 17.8 Å². The van der Waals surface area contributed by atoms with Gasteiger partial charge in [0.05, 0.1) is 24.0 Å². The smallest absolute Gasteiger partial charge is 0.274 e. The SMILES string of the molecule is Cc1[nH]nc(C(=O)NC(CO)Cc2ccccc2)c1N. The Kier molecular flexibility index (Phi) is 4.37. The molecule has 1 amide bonds. The van der Waals surface area contributed by atoms with Crippen LogP contribution in [0.2, 0.25) is 0 Å². The summed E-state index contributed by atoms with van der Waals surface area (Å²) < 4.78 is 0. The van der Waals surface area contributed by atoms with E-state index >= 15 is 0 Å². The number of aromatic nitrogens is 2. The zero-order valence-corrected chi connectivity index (χ0v) is 11.3. The van der Waals surface area contributed by atoms with Crippen LogP contribution in [0.3, 0.4) is 0 Å². The Balaban J connectivity index is 2.03. The van der Waals surface area contributed by atoms with Gasteiger partial charge in [0, 0.05) is 0 Å². The van der Waals surface area contributed by atoms with Crippen molar-refractivity contribution < 1.29 is 9.90 Å². The standard InChI is InChI=1S/C14H18N4O2/c1-9-12(15)13(18-17-9)14(20)16-11(8-19)7-10-5-3-2-4-6-10/h2-6,11,19H,7-8,15H2,1H3,(H,16,20)(H,17,18). The van der Waals surface area contributed by atoms with Gasteiger partial charge in [0.15, 0.2) is 5.69 Å². The number of hydrogen-bond acceptors (Lipinski definition) is 4. The molecule has 0 radical (unpaired) electrons. The number of aryl methyl sites for hydroxylation is 1. The summed E-state index contributed by atoms with van der Waals surface area (Å²) in [6, 6.07) is 9.27. The van der Waals surface area contributed by atoms with Crippen molar-refractivity contribution in [1.29, 1.82) is 0 Å². The zero-order valence-electron chi connectivity index (χ0n) is 11.3. The lowest BCUT2D eigenvalue weighted by Gasteiger charge is -2.15. The number of aliphatic hydroxyl groups is 1. The van der Waals surface area contributed by atoms with Gasteiger partial charge in [0.2, 0.25) is 0 Å². The molecule has 2 aromatic rings. The third kappa shape index (κ3) is 3.16. The summed E-state index contributed by atoms with van der Waals surface area (Å²) in [5.41, 5.74) is 7.94. The van der Waals surface area contributed by atoms with Crippen molar-refractivity contribution in [2.24, 2.45) is 0 Å². The second-order valence-electron chi connectivity index (χ2n) is 4.65. The van der Waals surface area contributed by atoms with Crippen LogP contribution in [0.4, 0.5) is 5.69 Å². The maximum absolute atomic E-state index is 12.1. The summed E-state index contributed by atoms with van der Waals surface area (Å²) >= 11 is 0. The van der Waals surface area contributed by atoms with E-state index in [4.69, 9.17) is 5.73 Å². The molecule has 1 unspecified atom stereocenters. The zero-order chi connectivity index (χ0) is 14.5. The van der Waals surface area contributed by atoms with Crippen LogP contribution < -0.4 is 11.1 Å². The highest BCUT2D eigenvalue weighted by Crippen LogP contribution is 2.12. The molecule has 0 saturated heterocycles. The highest BCUT2D eigenvalue weighted by atomic mass is 16.3. The van der Waals surface area contributed by atoms with E-state index in [1.54, 1.807) is 6.92 Å². The van der Waals surface area contributed by atoms with Crippen LogP contribution in [-0.4, -0.2) is 33.9 Å². The fourth-order valence-electron chi connectivity index (χ4n) is 1.92. The van der Waals surface area contributed by atoms with Gasteiger partial charge in [-0.15, -0.1) is 0 Å². The number of nitrogen functional groups attached to an aromatic ring is 1. The first-order valence-corrected chi connectivity index (χ1v) is 6.38. The summed E-state index contributed by atoms with van der Waals surface area (Å²) in [6.07, 6.45) is 0.548. The number of nitrogens with two attached hydrogens (primary N) is 1. The minimum Gasteiger partial charge on any atom is -0.395 e. The Morgan fingerprint density at radius 3 is 2.70 bits per heavy atom. The fraction of sp³-hybridized carbons (Fsp3) is 0.286. The van der Waals surface area contributed by atoms with Gasteiger partial charge < -0.3 is 16.2 Å². The van der Waals surface area contributed by atoms with E-state index < -0.39 is 0 Å². The highest BCUT2D eigenvalue weighted by molar-refractivity contribution is 5.97. The van der Waals surface area contributed by atoms with Gasteiger partial charge in [0.1, 0.15) is 0 Å². The number of benzene rings is 1. The van der Waals surface area contributed by atoms with E-state index in [-0.39, 0.29) is 24.2 Å². The summed E-state index contributed by atoms with van der Waals surface area (Å²) in [4.78, 5) is 12.1. The van der Waals surface area contributed by atoms with Crippen LogP contribution >= 0.6 is 0 Å². The van der Waals surface area contributed by atoms with Crippen molar-refractivity contribution in [3.63, 3.8) is 0 Å². The Labute approximate surface area is 117 Å². The predicted octanol–water partition coefficient (Wildman–Crippen LogP) is 0.634. The maximum Gasteiger partial charge on any atom is 0.274 e. The molecule has 20 heavy (non-hydrogen) atoms. The minimum atomic E-state index is -0.387. The van der Waals surface area contributed by atoms with E-state index in [0.717, 1.165) is 5.56 Å². The predicted molar refractivity (Wildman–Crippen MR) is 76.2 cm³/mol. The van der Waals surface area contributed by atoms with Crippen LogP contribution in [-0.2, 0) is 6.42 Å². The third-order valence-corrected chi connectivity index (χ3v) is 3.09. The number of nitrogens with one attached hydrogen (secondary N) is 2. The molecule has 0 saturated carbocycles. The van der Waals surface area contributed by atoms with Crippen LogP contribution in [0.5, 0.6) is 0 Å². The third-order valence-electron chi connectivity index (χ3n) is 3.09. The van der Waals surface area contributed by atoms with E-state index in [9.17, 15) is 9.90 Å². The minimum absolute atomic E-state index is 0.149. The Hall–Kier alpha value is -2.34. The molecule has 1 aromatic carbocycles. The van der Waals surface area contributed by atoms with Crippen LogP contribution in [0.1, 0.15) is 21.7 Å². The molecule has 0 aliphatic heterocycles. The topological polar surface area (TPSA) is 104 Å². The number of aromatic amines is 1. The molecule has 0 bridgehead atoms. The van der Waals surface area contributed by atoms with Crippen LogP contribution in [0.15, 0.2) is 30.3 Å². The summed E-state index contributed by atoms with van der Waals surface area (Å²) in [7, 11) is 0. The molecular weight excluding hydrogens is 256 g/mol. The van der Waals surface area contributed by atoms with Crippen molar-refractivity contribution in [2.45, 2.75) is 19.4 Å². The van der Waals surface area contributed by atoms with Gasteiger partial charge in [-0.2, -0.15) is 5.10 Å². The van der Waals surface area contributed by atoms with E-state index in [1.165, 1.54) is 0 Å². The number of anilines is 1. The second-order valence-corrected chi connectivity index (χ2v) is 4.65. The molecule has 0 fully saturated rings. The van der Waals surface area contributed by atoms with Gasteiger partial charge in [-0.05, 0) is 18.9 Å². The van der Waals surface area contributed by atoms with Gasteiger partial charge in [-0.1, -0.05) is 30.3 Å². The van der Waals surface area contributed by atoms with Crippen LogP contribution in [0, 0.1) is 6.92 Å². The largest absolute Gasteiger partial charge is 0.395 e. The summed E-state index contributed by atoms with van der Waals surface area (Å²) in [6.45, 7) is 1.59. The quantitative estimate of drug-likeness (QED) is 0.642. The molecule has 1 atom stereocenters. The average Bonchev–Trinajstić information content (AvgIpc) is 2.79. The second kappa shape index (κ2) is 6.21. The molecule has 0 aliphatic carbocycles. The number of aliphatic hydroxyl groups excluding tert-OH is 1. The number of amides is 1. The van der Waals surface area contributed by atoms with Gasteiger partial charge in [0.25, 0.3) is 5.91 Å². The molecule has 6 heteroatoms. The van der Waals surface area contributed by atoms with Gasteiger partial charge in [-0.25, -0.2) is 0 Å². The summed E-state index contributed by atoms with van der Waals surface area (Å²) in [5.74, 6) is -0.387. The lowest BCUT2D eigenvalue weighted by Crippen LogP contribution is -2.39. The molecule has 6 nitrogen and oxygen atoms in total. The monoisotopic (exact) mass is 274 g/mol. The lowest BCUT2D eigenvalue weighted by atomic mass is 10.1. The number of nitrogens with zero attached hydrogens (tertiary/aromatic N) is 1. The molecule has 1 aromatic heterocycles. The Bertz CT molecular complexity index is 580. The first-order chi connectivity index (χ1) is 9.61. The van der Waals surface area contributed by atoms with E-state index in [1.807, 2.05) is 30.3 Å². The number of rotatable bonds is 5. The highest BCUT2D eigenvalue weighted by Gasteiger charge is 2.19. The Morgan fingerprint density at radius 1 is 1.45 bits per heavy atom. The molecule has 0 spiro atoms. The first-order valence-electron chi connectivity index (χ1n) is 6.38. The van der Waals surface area contributed by atoms with Crippen LogP contribution in [0.25, 0.3) is 0 Å². The normalized spacial score (nSPS) is 12.1. The first kappa shape index (κ1) is 14.1. The van der Waals surface area contributed by atoms with Crippen molar-refractivity contribution >= 4 is 11.6 Å². The lowest BCUT2D eigenvalue weighted by molar-refractivity contribution is 0.0912. The number of carbonyl (C=O) groups excluding carboxylic acids is 1. The summed E-state index contributed by atoms with van der Waals surface area (Å²) in [5, 5.41) is 18.6. The maximum atomic E-state index is 12.1. The number of carbonyl (C=O) groups is 1. The molecule has 5 N–H and O–H groups in total. The van der Waals surface area contributed by atoms with Gasteiger partial charge >= 0.3 is 0 Å². The van der Waals surface area contributed by atoms with Gasteiger partial charge in [-0.3, -0.25) is 9.89 Å². The number of hydrogen-bond donors (Lipinski definition) is 4. The Morgan fingerprint density at radius 2 is 2.15 bits per heavy atom. The van der Waals surface area contributed by atoms with E-state index in [2.05, 4.69) is 15.5 Å². The van der Waals surface area contributed by atoms with Crippen molar-refractivity contribution in [3.8, 4) is 0 Å². The molecule has 0 aliphatic rings. The molecule has 1 heterocycles. The van der Waals surface area contributed by atoms with Crippen molar-refractivity contribution in [3.05, 3.63) is 47.3 Å². The fourth-order valence-corrected chi connectivity index (χ4v) is 1.92. The van der Waals surface area contributed by atoms with Crippen molar-refractivity contribution in [1.82, 2.24) is 15.5 Å².